The molecule has 20 heavy (non-hydrogen) atoms. The Balaban J connectivity index is 2.33. The van der Waals surface area contributed by atoms with Crippen LogP contribution in [0.5, 0.6) is 11.5 Å². The average molecular weight is 289 g/mol. The summed E-state index contributed by atoms with van der Waals surface area (Å²) < 4.78 is 5.89. The van der Waals surface area contributed by atoms with E-state index in [1.54, 1.807) is 18.2 Å². The van der Waals surface area contributed by atoms with Gasteiger partial charge in [0.2, 0.25) is 0 Å². The van der Waals surface area contributed by atoms with Crippen LogP contribution in [0.15, 0.2) is 42.5 Å². The number of carbonyl (C=O) groups is 1. The van der Waals surface area contributed by atoms with Gasteiger partial charge in [-0.15, -0.1) is 0 Å². The van der Waals surface area contributed by atoms with E-state index in [1.165, 1.54) is 6.92 Å². The number of hydrogen-bond acceptors (Lipinski definition) is 2. The van der Waals surface area contributed by atoms with E-state index in [9.17, 15) is 4.79 Å². The summed E-state index contributed by atoms with van der Waals surface area (Å²) in [5.74, 6) is 1.70. The SMILES string of the molecule is CC(=O)c1ccc(Oc2ccccc2C(C)C)c(Cl)c1. The molecule has 0 bridgehead atoms. The summed E-state index contributed by atoms with van der Waals surface area (Å²) in [5.41, 5.74) is 1.71. The standard InChI is InChI=1S/C17H17ClO2/c1-11(2)14-6-4-5-7-16(14)20-17-9-8-13(12(3)19)10-15(17)18/h4-11H,1-3H3. The Morgan fingerprint density at radius 3 is 2.40 bits per heavy atom. The lowest BCUT2D eigenvalue weighted by Crippen LogP contribution is -1.96. The van der Waals surface area contributed by atoms with Gasteiger partial charge in [-0.2, -0.15) is 0 Å². The van der Waals surface area contributed by atoms with E-state index in [-0.39, 0.29) is 5.78 Å². The van der Waals surface area contributed by atoms with Gasteiger partial charge in [0, 0.05) is 5.56 Å². The molecule has 0 N–H and O–H groups in total. The molecule has 0 saturated heterocycles. The number of hydrogen-bond donors (Lipinski definition) is 0. The number of halogens is 1. The highest BCUT2D eigenvalue weighted by atomic mass is 35.5. The van der Waals surface area contributed by atoms with Crippen molar-refractivity contribution in [3.05, 3.63) is 58.6 Å². The lowest BCUT2D eigenvalue weighted by Gasteiger charge is -2.14. The van der Waals surface area contributed by atoms with Crippen LogP contribution in [-0.4, -0.2) is 5.78 Å². The van der Waals surface area contributed by atoms with Crippen LogP contribution in [0, 0.1) is 0 Å². The molecule has 0 heterocycles. The highest BCUT2D eigenvalue weighted by Crippen LogP contribution is 2.34. The van der Waals surface area contributed by atoms with Gasteiger partial charge >= 0.3 is 0 Å². The third-order valence-electron chi connectivity index (χ3n) is 3.10. The van der Waals surface area contributed by atoms with Crippen molar-refractivity contribution in [1.82, 2.24) is 0 Å². The van der Waals surface area contributed by atoms with Gasteiger partial charge in [0.05, 0.1) is 5.02 Å². The first-order valence-corrected chi connectivity index (χ1v) is 6.94. The molecular weight excluding hydrogens is 272 g/mol. The first-order chi connectivity index (χ1) is 9.49. The number of para-hydroxylation sites is 1. The van der Waals surface area contributed by atoms with Gasteiger partial charge < -0.3 is 4.74 Å². The number of rotatable bonds is 4. The molecule has 0 aliphatic carbocycles. The molecule has 2 nitrogen and oxygen atoms in total. The van der Waals surface area contributed by atoms with Crippen LogP contribution >= 0.6 is 11.6 Å². The average Bonchev–Trinajstić information content (AvgIpc) is 2.41. The zero-order valence-electron chi connectivity index (χ0n) is 11.8. The van der Waals surface area contributed by atoms with Gasteiger partial charge in [-0.05, 0) is 42.7 Å². The van der Waals surface area contributed by atoms with Gasteiger partial charge in [-0.3, -0.25) is 4.79 Å². The van der Waals surface area contributed by atoms with Crippen molar-refractivity contribution in [2.45, 2.75) is 26.7 Å². The Bertz CT molecular complexity index is 633. The van der Waals surface area contributed by atoms with Crippen LogP contribution in [0.25, 0.3) is 0 Å². The lowest BCUT2D eigenvalue weighted by molar-refractivity contribution is 0.101. The molecule has 2 aromatic rings. The topological polar surface area (TPSA) is 26.3 Å². The number of ether oxygens (including phenoxy) is 1. The van der Waals surface area contributed by atoms with Crippen LogP contribution in [0.3, 0.4) is 0 Å². The van der Waals surface area contributed by atoms with E-state index >= 15 is 0 Å². The van der Waals surface area contributed by atoms with Crippen molar-refractivity contribution in [1.29, 1.82) is 0 Å². The maximum atomic E-state index is 11.3. The van der Waals surface area contributed by atoms with E-state index in [4.69, 9.17) is 16.3 Å². The van der Waals surface area contributed by atoms with Crippen molar-refractivity contribution in [2.24, 2.45) is 0 Å². The number of benzene rings is 2. The maximum Gasteiger partial charge on any atom is 0.159 e. The zero-order chi connectivity index (χ0) is 14.7. The molecule has 0 aliphatic rings. The molecule has 0 aliphatic heterocycles. The first-order valence-electron chi connectivity index (χ1n) is 6.56. The normalized spacial score (nSPS) is 10.7. The minimum atomic E-state index is -0.0129. The Kier molecular flexibility index (Phi) is 4.46. The van der Waals surface area contributed by atoms with E-state index in [0.717, 1.165) is 11.3 Å². The molecule has 3 heteroatoms. The number of Topliss-reactive ketones (excluding diaryl/α,β-unsaturated/α-hetero) is 1. The lowest BCUT2D eigenvalue weighted by atomic mass is 10.0. The number of carbonyl (C=O) groups excluding carboxylic acids is 1. The van der Waals surface area contributed by atoms with E-state index in [1.807, 2.05) is 24.3 Å². The van der Waals surface area contributed by atoms with Gasteiger partial charge in [-0.1, -0.05) is 43.6 Å². The van der Waals surface area contributed by atoms with Crippen molar-refractivity contribution in [3.63, 3.8) is 0 Å². The molecule has 0 saturated carbocycles. The maximum absolute atomic E-state index is 11.3. The summed E-state index contributed by atoms with van der Waals surface area (Å²) in [6.45, 7) is 5.74. The fraction of sp³-hybridized carbons (Fsp3) is 0.235. The monoisotopic (exact) mass is 288 g/mol. The minimum Gasteiger partial charge on any atom is -0.456 e. The van der Waals surface area contributed by atoms with Crippen molar-refractivity contribution < 1.29 is 9.53 Å². The molecule has 0 aromatic heterocycles. The first kappa shape index (κ1) is 14.6. The third-order valence-corrected chi connectivity index (χ3v) is 3.39. The van der Waals surface area contributed by atoms with Crippen LogP contribution in [0.4, 0.5) is 0 Å². The third kappa shape index (κ3) is 3.20. The molecule has 0 atom stereocenters. The zero-order valence-corrected chi connectivity index (χ0v) is 12.6. The largest absolute Gasteiger partial charge is 0.456 e. The Labute approximate surface area is 124 Å². The molecule has 0 unspecified atom stereocenters. The van der Waals surface area contributed by atoms with Crippen molar-refractivity contribution in [2.75, 3.05) is 0 Å². The summed E-state index contributed by atoms with van der Waals surface area (Å²) in [6.07, 6.45) is 0. The van der Waals surface area contributed by atoms with Gasteiger partial charge in [-0.25, -0.2) is 0 Å². The van der Waals surface area contributed by atoms with Gasteiger partial charge in [0.25, 0.3) is 0 Å². The summed E-state index contributed by atoms with van der Waals surface area (Å²) in [6, 6.07) is 13.0. The highest BCUT2D eigenvalue weighted by molar-refractivity contribution is 6.32. The van der Waals surface area contributed by atoms with E-state index in [0.29, 0.717) is 22.3 Å². The van der Waals surface area contributed by atoms with Crippen molar-refractivity contribution in [3.8, 4) is 11.5 Å². The molecule has 0 spiro atoms. The smallest absolute Gasteiger partial charge is 0.159 e. The molecule has 0 radical (unpaired) electrons. The molecule has 104 valence electrons. The minimum absolute atomic E-state index is 0.0129. The molecular formula is C17H17ClO2. The van der Waals surface area contributed by atoms with E-state index < -0.39 is 0 Å². The molecule has 2 aromatic carbocycles. The Hall–Kier alpha value is -1.80. The fourth-order valence-electron chi connectivity index (χ4n) is 1.97. The van der Waals surface area contributed by atoms with Crippen LogP contribution in [0.1, 0.15) is 42.6 Å². The molecule has 0 fully saturated rings. The quantitative estimate of drug-likeness (QED) is 0.698. The Morgan fingerprint density at radius 2 is 1.80 bits per heavy atom. The summed E-state index contributed by atoms with van der Waals surface area (Å²) in [5, 5.41) is 0.441. The summed E-state index contributed by atoms with van der Waals surface area (Å²) >= 11 is 6.18. The second kappa shape index (κ2) is 6.10. The van der Waals surface area contributed by atoms with Crippen LogP contribution in [0.2, 0.25) is 5.02 Å². The predicted molar refractivity (Wildman–Crippen MR) is 82.1 cm³/mol. The highest BCUT2D eigenvalue weighted by Gasteiger charge is 2.11. The van der Waals surface area contributed by atoms with Crippen LogP contribution < -0.4 is 4.74 Å². The van der Waals surface area contributed by atoms with Crippen molar-refractivity contribution >= 4 is 17.4 Å². The summed E-state index contributed by atoms with van der Waals surface area (Å²) in [4.78, 5) is 11.3. The molecule has 0 amide bonds. The van der Waals surface area contributed by atoms with Gasteiger partial charge in [0.15, 0.2) is 5.78 Å². The van der Waals surface area contributed by atoms with Gasteiger partial charge in [0.1, 0.15) is 11.5 Å². The second-order valence-corrected chi connectivity index (χ2v) is 5.40. The predicted octanol–water partition coefficient (Wildman–Crippen LogP) is 5.46. The molecule has 2 rings (SSSR count). The number of ketones is 1. The second-order valence-electron chi connectivity index (χ2n) is 5.00. The van der Waals surface area contributed by atoms with E-state index in [2.05, 4.69) is 13.8 Å². The van der Waals surface area contributed by atoms with Crippen LogP contribution in [-0.2, 0) is 0 Å². The Morgan fingerprint density at radius 1 is 1.10 bits per heavy atom. The fourth-order valence-corrected chi connectivity index (χ4v) is 2.19. The summed E-state index contributed by atoms with van der Waals surface area (Å²) in [7, 11) is 0.